The van der Waals surface area contributed by atoms with Crippen LogP contribution in [0.2, 0.25) is 5.02 Å². The molecular weight excluding hydrogens is 236 g/mol. The molecule has 4 heteroatoms. The molecule has 0 saturated carbocycles. The molecule has 94 valence electrons. The van der Waals surface area contributed by atoms with E-state index in [-0.39, 0.29) is 5.91 Å². The molecule has 0 aliphatic rings. The predicted molar refractivity (Wildman–Crippen MR) is 73.3 cm³/mol. The topological polar surface area (TPSA) is 55.1 Å². The van der Waals surface area contributed by atoms with Crippen LogP contribution >= 0.6 is 11.6 Å². The first-order chi connectivity index (χ1) is 8.13. The molecule has 0 saturated heterocycles. The van der Waals surface area contributed by atoms with E-state index in [9.17, 15) is 4.79 Å². The summed E-state index contributed by atoms with van der Waals surface area (Å²) < 4.78 is 0. The number of amides is 1. The summed E-state index contributed by atoms with van der Waals surface area (Å²) in [5, 5.41) is 3.31. The Kier molecular flexibility index (Phi) is 5.84. The van der Waals surface area contributed by atoms with Crippen molar-refractivity contribution in [3.8, 4) is 0 Å². The van der Waals surface area contributed by atoms with Gasteiger partial charge in [-0.1, -0.05) is 37.8 Å². The van der Waals surface area contributed by atoms with Crippen LogP contribution in [0.3, 0.4) is 0 Å². The molecule has 1 aromatic rings. The average Bonchev–Trinajstić information content (AvgIpc) is 2.30. The number of carbonyl (C=O) groups is 1. The fraction of sp³-hybridized carbons (Fsp3) is 0.462. The van der Waals surface area contributed by atoms with Crippen LogP contribution in [0.15, 0.2) is 18.2 Å². The largest absolute Gasteiger partial charge is 0.397 e. The van der Waals surface area contributed by atoms with Crippen LogP contribution in [0.5, 0.6) is 0 Å². The molecule has 1 rings (SSSR count). The highest BCUT2D eigenvalue weighted by molar-refractivity contribution is 6.33. The monoisotopic (exact) mass is 254 g/mol. The summed E-state index contributed by atoms with van der Waals surface area (Å²) in [4.78, 5) is 11.6. The van der Waals surface area contributed by atoms with Gasteiger partial charge in [-0.3, -0.25) is 4.79 Å². The molecule has 0 spiro atoms. The highest BCUT2D eigenvalue weighted by Crippen LogP contribution is 2.22. The maximum atomic E-state index is 11.6. The minimum Gasteiger partial charge on any atom is -0.397 e. The molecule has 0 atom stereocenters. The van der Waals surface area contributed by atoms with Crippen molar-refractivity contribution in [3.63, 3.8) is 0 Å². The number of benzene rings is 1. The normalized spacial score (nSPS) is 10.2. The van der Waals surface area contributed by atoms with Crippen LogP contribution in [0.1, 0.15) is 39.0 Å². The number of nitrogens with two attached hydrogens (primary N) is 1. The Hall–Kier alpha value is -1.22. The summed E-state index contributed by atoms with van der Waals surface area (Å²) in [5.74, 6) is 0.0304. The number of anilines is 2. The summed E-state index contributed by atoms with van der Waals surface area (Å²) in [5.41, 5.74) is 6.84. The molecule has 0 unspecified atom stereocenters. The average molecular weight is 255 g/mol. The number of hydrogen-bond acceptors (Lipinski definition) is 2. The van der Waals surface area contributed by atoms with Gasteiger partial charge in [-0.05, 0) is 24.6 Å². The summed E-state index contributed by atoms with van der Waals surface area (Å²) in [6.07, 6.45) is 4.95. The van der Waals surface area contributed by atoms with E-state index in [1.54, 1.807) is 18.2 Å². The third-order valence-electron chi connectivity index (χ3n) is 2.54. The summed E-state index contributed by atoms with van der Waals surface area (Å²) in [7, 11) is 0. The van der Waals surface area contributed by atoms with E-state index in [0.717, 1.165) is 12.8 Å². The van der Waals surface area contributed by atoms with E-state index in [1.165, 1.54) is 12.8 Å². The lowest BCUT2D eigenvalue weighted by Gasteiger charge is -2.06. The molecule has 0 heterocycles. The van der Waals surface area contributed by atoms with E-state index in [0.29, 0.717) is 22.8 Å². The van der Waals surface area contributed by atoms with Gasteiger partial charge < -0.3 is 11.1 Å². The summed E-state index contributed by atoms with van der Waals surface area (Å²) in [6.45, 7) is 2.15. The second-order valence-corrected chi connectivity index (χ2v) is 4.50. The minimum absolute atomic E-state index is 0.0304. The second-order valence-electron chi connectivity index (χ2n) is 4.10. The quantitative estimate of drug-likeness (QED) is 0.599. The third kappa shape index (κ3) is 5.09. The number of rotatable bonds is 6. The first-order valence-electron chi connectivity index (χ1n) is 5.98. The van der Waals surface area contributed by atoms with Crippen molar-refractivity contribution in [2.75, 3.05) is 11.1 Å². The van der Waals surface area contributed by atoms with Gasteiger partial charge in [-0.15, -0.1) is 0 Å². The van der Waals surface area contributed by atoms with Crippen LogP contribution in [-0.4, -0.2) is 5.91 Å². The Balaban J connectivity index is 2.37. The van der Waals surface area contributed by atoms with E-state index in [2.05, 4.69) is 12.2 Å². The molecule has 0 aliphatic carbocycles. The first kappa shape index (κ1) is 13.8. The maximum Gasteiger partial charge on any atom is 0.224 e. The van der Waals surface area contributed by atoms with E-state index >= 15 is 0 Å². The van der Waals surface area contributed by atoms with Gasteiger partial charge in [0, 0.05) is 12.1 Å². The van der Waals surface area contributed by atoms with Gasteiger partial charge in [0.15, 0.2) is 0 Å². The standard InChI is InChI=1S/C13H19ClN2O/c1-2-3-4-5-6-13(17)16-10-7-8-11(14)12(15)9-10/h7-9H,2-6,15H2,1H3,(H,16,17). The van der Waals surface area contributed by atoms with Crippen molar-refractivity contribution >= 4 is 28.9 Å². The van der Waals surface area contributed by atoms with Gasteiger partial charge in [-0.2, -0.15) is 0 Å². The number of nitrogens with one attached hydrogen (secondary N) is 1. The minimum atomic E-state index is 0.0304. The highest BCUT2D eigenvalue weighted by Gasteiger charge is 2.03. The Labute approximate surface area is 107 Å². The lowest BCUT2D eigenvalue weighted by atomic mass is 10.1. The van der Waals surface area contributed by atoms with Crippen LogP contribution in [0.25, 0.3) is 0 Å². The van der Waals surface area contributed by atoms with Crippen LogP contribution in [0, 0.1) is 0 Å². The molecule has 3 N–H and O–H groups in total. The van der Waals surface area contributed by atoms with Crippen molar-refractivity contribution in [2.45, 2.75) is 39.0 Å². The zero-order valence-corrected chi connectivity index (χ0v) is 10.9. The van der Waals surface area contributed by atoms with Crippen molar-refractivity contribution in [1.29, 1.82) is 0 Å². The molecule has 1 aromatic carbocycles. The first-order valence-corrected chi connectivity index (χ1v) is 6.36. The van der Waals surface area contributed by atoms with Gasteiger partial charge >= 0.3 is 0 Å². The van der Waals surface area contributed by atoms with Gasteiger partial charge in [0.25, 0.3) is 0 Å². The Morgan fingerprint density at radius 3 is 2.76 bits per heavy atom. The van der Waals surface area contributed by atoms with Crippen molar-refractivity contribution in [3.05, 3.63) is 23.2 Å². The van der Waals surface area contributed by atoms with Crippen LogP contribution < -0.4 is 11.1 Å². The molecule has 0 fully saturated rings. The van der Waals surface area contributed by atoms with Gasteiger partial charge in [-0.25, -0.2) is 0 Å². The highest BCUT2D eigenvalue weighted by atomic mass is 35.5. The number of hydrogen-bond donors (Lipinski definition) is 2. The Bertz CT molecular complexity index is 380. The van der Waals surface area contributed by atoms with Crippen LogP contribution in [0.4, 0.5) is 11.4 Å². The fourth-order valence-electron chi connectivity index (χ4n) is 1.56. The second kappa shape index (κ2) is 7.17. The molecule has 3 nitrogen and oxygen atoms in total. The van der Waals surface area contributed by atoms with E-state index in [1.807, 2.05) is 0 Å². The molecule has 0 aliphatic heterocycles. The maximum absolute atomic E-state index is 11.6. The molecule has 1 amide bonds. The molecule has 0 aromatic heterocycles. The van der Waals surface area contributed by atoms with E-state index < -0.39 is 0 Å². The SMILES string of the molecule is CCCCCCC(=O)Nc1ccc(Cl)c(N)c1. The lowest BCUT2D eigenvalue weighted by molar-refractivity contribution is -0.116. The summed E-state index contributed by atoms with van der Waals surface area (Å²) in [6, 6.07) is 5.11. The zero-order valence-electron chi connectivity index (χ0n) is 10.1. The number of carbonyl (C=O) groups excluding carboxylic acids is 1. The number of unbranched alkanes of at least 4 members (excludes halogenated alkanes) is 3. The number of halogens is 1. The third-order valence-corrected chi connectivity index (χ3v) is 2.88. The fourth-order valence-corrected chi connectivity index (χ4v) is 1.67. The smallest absolute Gasteiger partial charge is 0.224 e. The van der Waals surface area contributed by atoms with Crippen LogP contribution in [-0.2, 0) is 4.79 Å². The Morgan fingerprint density at radius 2 is 2.12 bits per heavy atom. The van der Waals surface area contributed by atoms with Gasteiger partial charge in [0.05, 0.1) is 10.7 Å². The van der Waals surface area contributed by atoms with Gasteiger partial charge in [0.1, 0.15) is 0 Å². The molecular formula is C13H19ClN2O. The zero-order chi connectivity index (χ0) is 12.7. The molecule has 0 bridgehead atoms. The van der Waals surface area contributed by atoms with Crippen molar-refractivity contribution in [2.24, 2.45) is 0 Å². The molecule has 17 heavy (non-hydrogen) atoms. The van der Waals surface area contributed by atoms with Crippen molar-refractivity contribution in [1.82, 2.24) is 0 Å². The van der Waals surface area contributed by atoms with Gasteiger partial charge in [0.2, 0.25) is 5.91 Å². The van der Waals surface area contributed by atoms with Crippen molar-refractivity contribution < 1.29 is 4.79 Å². The summed E-state index contributed by atoms with van der Waals surface area (Å²) >= 11 is 5.80. The molecule has 0 radical (unpaired) electrons. The predicted octanol–water partition coefficient (Wildman–Crippen LogP) is 3.83. The van der Waals surface area contributed by atoms with E-state index in [4.69, 9.17) is 17.3 Å². The Morgan fingerprint density at radius 1 is 1.35 bits per heavy atom. The number of nitrogen functional groups attached to an aromatic ring is 1. The lowest BCUT2D eigenvalue weighted by Crippen LogP contribution is -2.11.